The summed E-state index contributed by atoms with van der Waals surface area (Å²) in [6.07, 6.45) is 5.63. The summed E-state index contributed by atoms with van der Waals surface area (Å²) in [7, 11) is 0. The summed E-state index contributed by atoms with van der Waals surface area (Å²) < 4.78 is 0. The van der Waals surface area contributed by atoms with Gasteiger partial charge in [-0.3, -0.25) is 4.90 Å². The first-order chi connectivity index (χ1) is 10.1. The second-order valence-corrected chi connectivity index (χ2v) is 7.50. The third-order valence-electron chi connectivity index (χ3n) is 5.60. The molecule has 2 fully saturated rings. The van der Waals surface area contributed by atoms with E-state index >= 15 is 0 Å². The van der Waals surface area contributed by atoms with Crippen LogP contribution in [0.15, 0.2) is 30.3 Å². The van der Waals surface area contributed by atoms with Gasteiger partial charge in [-0.1, -0.05) is 57.0 Å². The maximum Gasteiger partial charge on any atom is 0.0535 e. The molecular formula is C19H30N2. The van der Waals surface area contributed by atoms with Crippen molar-refractivity contribution in [3.63, 3.8) is 0 Å². The zero-order valence-corrected chi connectivity index (χ0v) is 13.8. The van der Waals surface area contributed by atoms with E-state index in [9.17, 15) is 0 Å². The number of rotatable bonds is 3. The van der Waals surface area contributed by atoms with Gasteiger partial charge in [0, 0.05) is 25.2 Å². The molecule has 2 unspecified atom stereocenters. The van der Waals surface area contributed by atoms with E-state index in [1.165, 1.54) is 31.2 Å². The number of benzene rings is 1. The molecule has 1 N–H and O–H groups in total. The number of piperazine rings is 1. The number of hydrogen-bond donors (Lipinski definition) is 1. The highest BCUT2D eigenvalue weighted by atomic mass is 15.3. The quantitative estimate of drug-likeness (QED) is 0.910. The van der Waals surface area contributed by atoms with Crippen molar-refractivity contribution in [2.75, 3.05) is 13.1 Å². The lowest BCUT2D eigenvalue weighted by atomic mass is 9.85. The minimum atomic E-state index is 0.0925. The summed E-state index contributed by atoms with van der Waals surface area (Å²) in [5, 5.41) is 3.85. The zero-order chi connectivity index (χ0) is 14.9. The Kier molecular flexibility index (Phi) is 4.37. The molecule has 1 aromatic carbocycles. The van der Waals surface area contributed by atoms with Crippen molar-refractivity contribution in [2.24, 2.45) is 5.92 Å². The van der Waals surface area contributed by atoms with Gasteiger partial charge in [0.2, 0.25) is 0 Å². The standard InChI is InChI=1S/C19H30N2/c1-15(2)18-13-20-19(3,16-9-5-4-6-10-16)14-21(18)17-11-7-8-12-17/h4-6,9-10,15,17-18,20H,7-8,11-14H2,1-3H3. The van der Waals surface area contributed by atoms with E-state index in [4.69, 9.17) is 0 Å². The van der Waals surface area contributed by atoms with Crippen molar-refractivity contribution >= 4 is 0 Å². The summed E-state index contributed by atoms with van der Waals surface area (Å²) in [4.78, 5) is 2.83. The fourth-order valence-corrected chi connectivity index (χ4v) is 4.24. The predicted molar refractivity (Wildman–Crippen MR) is 89.4 cm³/mol. The maximum absolute atomic E-state index is 3.85. The van der Waals surface area contributed by atoms with Crippen LogP contribution in [0.4, 0.5) is 0 Å². The van der Waals surface area contributed by atoms with E-state index in [1.54, 1.807) is 0 Å². The van der Waals surface area contributed by atoms with Crippen molar-refractivity contribution in [3.05, 3.63) is 35.9 Å². The van der Waals surface area contributed by atoms with Crippen LogP contribution < -0.4 is 5.32 Å². The Labute approximate surface area is 129 Å². The molecule has 1 heterocycles. The Morgan fingerprint density at radius 1 is 1.14 bits per heavy atom. The van der Waals surface area contributed by atoms with E-state index in [-0.39, 0.29) is 5.54 Å². The Bertz CT molecular complexity index is 450. The van der Waals surface area contributed by atoms with E-state index in [2.05, 4.69) is 61.3 Å². The van der Waals surface area contributed by atoms with Gasteiger partial charge in [-0.2, -0.15) is 0 Å². The van der Waals surface area contributed by atoms with Gasteiger partial charge >= 0.3 is 0 Å². The third-order valence-corrected chi connectivity index (χ3v) is 5.60. The van der Waals surface area contributed by atoms with Crippen LogP contribution in [0.25, 0.3) is 0 Å². The molecule has 0 radical (unpaired) electrons. The molecule has 0 spiro atoms. The van der Waals surface area contributed by atoms with Crippen molar-refractivity contribution in [1.29, 1.82) is 0 Å². The fraction of sp³-hybridized carbons (Fsp3) is 0.684. The SMILES string of the molecule is CC(C)C1CNC(C)(c2ccccc2)CN1C1CCCC1. The molecule has 1 saturated heterocycles. The first kappa shape index (κ1) is 15.1. The number of hydrogen-bond acceptors (Lipinski definition) is 2. The molecule has 2 atom stereocenters. The molecule has 2 nitrogen and oxygen atoms in total. The molecule has 0 bridgehead atoms. The van der Waals surface area contributed by atoms with Crippen LogP contribution in [0.3, 0.4) is 0 Å². The minimum absolute atomic E-state index is 0.0925. The smallest absolute Gasteiger partial charge is 0.0535 e. The molecule has 1 aliphatic heterocycles. The molecule has 1 aliphatic carbocycles. The van der Waals surface area contributed by atoms with Gasteiger partial charge in [0.15, 0.2) is 0 Å². The minimum Gasteiger partial charge on any atom is -0.305 e. The topological polar surface area (TPSA) is 15.3 Å². The van der Waals surface area contributed by atoms with Crippen LogP contribution in [0, 0.1) is 5.92 Å². The molecular weight excluding hydrogens is 256 g/mol. The molecule has 0 aromatic heterocycles. The average molecular weight is 286 g/mol. The van der Waals surface area contributed by atoms with Crippen LogP contribution in [-0.2, 0) is 5.54 Å². The van der Waals surface area contributed by atoms with Gasteiger partial charge in [-0.15, -0.1) is 0 Å². The Morgan fingerprint density at radius 3 is 2.43 bits per heavy atom. The van der Waals surface area contributed by atoms with Gasteiger partial charge in [0.05, 0.1) is 5.54 Å². The van der Waals surface area contributed by atoms with Gasteiger partial charge in [-0.05, 0) is 31.2 Å². The molecule has 0 amide bonds. The molecule has 2 aliphatic rings. The molecule has 21 heavy (non-hydrogen) atoms. The monoisotopic (exact) mass is 286 g/mol. The molecule has 116 valence electrons. The molecule has 2 heteroatoms. The van der Waals surface area contributed by atoms with Crippen molar-refractivity contribution in [1.82, 2.24) is 10.2 Å². The second-order valence-electron chi connectivity index (χ2n) is 7.50. The summed E-state index contributed by atoms with van der Waals surface area (Å²) in [5.41, 5.74) is 1.52. The maximum atomic E-state index is 3.85. The molecule has 1 saturated carbocycles. The van der Waals surface area contributed by atoms with Crippen LogP contribution in [-0.4, -0.2) is 30.1 Å². The summed E-state index contributed by atoms with van der Waals surface area (Å²) in [5.74, 6) is 0.721. The van der Waals surface area contributed by atoms with E-state index in [1.807, 2.05) is 0 Å². The number of nitrogens with one attached hydrogen (secondary N) is 1. The first-order valence-corrected chi connectivity index (χ1v) is 8.66. The highest BCUT2D eigenvalue weighted by Crippen LogP contribution is 2.34. The van der Waals surface area contributed by atoms with Crippen molar-refractivity contribution in [2.45, 2.75) is 64.1 Å². The van der Waals surface area contributed by atoms with Gasteiger partial charge in [-0.25, -0.2) is 0 Å². The van der Waals surface area contributed by atoms with Gasteiger partial charge < -0.3 is 5.32 Å². The van der Waals surface area contributed by atoms with E-state index in [0.29, 0.717) is 6.04 Å². The molecule has 1 aromatic rings. The average Bonchev–Trinajstić information content (AvgIpc) is 3.02. The summed E-state index contributed by atoms with van der Waals surface area (Å²) in [6.45, 7) is 9.38. The Hall–Kier alpha value is -0.860. The highest BCUT2D eigenvalue weighted by Gasteiger charge is 2.41. The van der Waals surface area contributed by atoms with Crippen LogP contribution in [0.1, 0.15) is 52.0 Å². The fourth-order valence-electron chi connectivity index (χ4n) is 4.24. The van der Waals surface area contributed by atoms with Crippen molar-refractivity contribution in [3.8, 4) is 0 Å². The lowest BCUT2D eigenvalue weighted by Crippen LogP contribution is -2.64. The Balaban J connectivity index is 1.84. The third kappa shape index (κ3) is 3.02. The van der Waals surface area contributed by atoms with Gasteiger partial charge in [0.25, 0.3) is 0 Å². The van der Waals surface area contributed by atoms with E-state index in [0.717, 1.165) is 25.0 Å². The lowest BCUT2D eigenvalue weighted by molar-refractivity contribution is 0.0264. The summed E-state index contributed by atoms with van der Waals surface area (Å²) >= 11 is 0. The summed E-state index contributed by atoms with van der Waals surface area (Å²) in [6, 6.07) is 12.5. The number of nitrogens with zero attached hydrogens (tertiary/aromatic N) is 1. The van der Waals surface area contributed by atoms with Crippen LogP contribution in [0.2, 0.25) is 0 Å². The molecule has 3 rings (SSSR count). The second kappa shape index (κ2) is 6.10. The Morgan fingerprint density at radius 2 is 1.81 bits per heavy atom. The van der Waals surface area contributed by atoms with Crippen LogP contribution >= 0.6 is 0 Å². The zero-order valence-electron chi connectivity index (χ0n) is 13.8. The highest BCUT2D eigenvalue weighted by molar-refractivity contribution is 5.25. The van der Waals surface area contributed by atoms with Crippen molar-refractivity contribution < 1.29 is 0 Å². The van der Waals surface area contributed by atoms with Crippen LogP contribution in [0.5, 0.6) is 0 Å². The normalized spacial score (nSPS) is 31.9. The first-order valence-electron chi connectivity index (χ1n) is 8.66. The van der Waals surface area contributed by atoms with Gasteiger partial charge in [0.1, 0.15) is 0 Å². The predicted octanol–water partition coefficient (Wildman–Crippen LogP) is 3.77. The lowest BCUT2D eigenvalue weighted by Gasteiger charge is -2.50. The van der Waals surface area contributed by atoms with E-state index < -0.39 is 0 Å². The largest absolute Gasteiger partial charge is 0.305 e.